The third kappa shape index (κ3) is 8.33. The van der Waals surface area contributed by atoms with Crippen molar-refractivity contribution >= 4 is 5.91 Å². The summed E-state index contributed by atoms with van der Waals surface area (Å²) >= 11 is 0. The molecule has 1 amide bonds. The molecule has 0 aliphatic heterocycles. The number of halogens is 3. The van der Waals surface area contributed by atoms with Gasteiger partial charge in [-0.1, -0.05) is 26.7 Å². The second kappa shape index (κ2) is 12.9. The van der Waals surface area contributed by atoms with Crippen molar-refractivity contribution in [3.8, 4) is 11.5 Å². The molecule has 3 rings (SSSR count). The molecule has 3 aromatic rings. The van der Waals surface area contributed by atoms with E-state index in [1.165, 1.54) is 31.6 Å². The van der Waals surface area contributed by atoms with Crippen molar-refractivity contribution in [1.29, 1.82) is 0 Å². The molecule has 186 valence electrons. The highest BCUT2D eigenvalue weighted by Crippen LogP contribution is 2.28. The summed E-state index contributed by atoms with van der Waals surface area (Å²) in [5.41, 5.74) is 7.40. The molecular formula is C24H32F3N5O2. The second-order valence-electron chi connectivity index (χ2n) is 8.00. The van der Waals surface area contributed by atoms with Crippen molar-refractivity contribution in [2.75, 3.05) is 13.1 Å². The summed E-state index contributed by atoms with van der Waals surface area (Å²) < 4.78 is 41.1. The average molecular weight is 480 g/mol. The lowest BCUT2D eigenvalue weighted by Crippen LogP contribution is -2.25. The second-order valence-corrected chi connectivity index (χ2v) is 8.00. The number of unbranched alkanes of at least 4 members (excludes halogenated alkanes) is 2. The molecule has 0 saturated carbocycles. The molecule has 0 spiro atoms. The van der Waals surface area contributed by atoms with Gasteiger partial charge in [0.15, 0.2) is 5.76 Å². The van der Waals surface area contributed by atoms with Crippen molar-refractivity contribution in [2.45, 2.75) is 59.2 Å². The molecule has 0 bridgehead atoms. The Balaban J connectivity index is 0.000000310. The number of aryl methyl sites for hydroxylation is 1. The Morgan fingerprint density at radius 3 is 2.47 bits per heavy atom. The van der Waals surface area contributed by atoms with Gasteiger partial charge in [0.1, 0.15) is 12.0 Å². The van der Waals surface area contributed by atoms with E-state index in [1.54, 1.807) is 13.0 Å². The number of hydrogen-bond donors (Lipinski definition) is 2. The molecule has 0 aliphatic rings. The quantitative estimate of drug-likeness (QED) is 0.370. The largest absolute Gasteiger partial charge is 0.462 e. The standard InChI is InChI=1S/C17H26N4O2.C7H6F3N/c1-3-5-6-8-21(7-4-2)11-14-10-19-20-16(14)15-9-13(12-23-15)17(18)22;1-5-2-3-6(4-11-5)7(8,9)10/h9-10,12H,3-8,11H2,1-2H3,(H2,18,22)(H,19,20);2-4H,1H3. The number of nitrogens with two attached hydrogens (primary N) is 1. The topological polar surface area (TPSA) is 101 Å². The molecule has 0 atom stereocenters. The van der Waals surface area contributed by atoms with Gasteiger partial charge in [0, 0.05) is 24.0 Å². The maximum atomic E-state index is 11.9. The molecule has 34 heavy (non-hydrogen) atoms. The lowest BCUT2D eigenvalue weighted by Gasteiger charge is -2.21. The number of rotatable bonds is 10. The summed E-state index contributed by atoms with van der Waals surface area (Å²) in [6.45, 7) is 8.99. The van der Waals surface area contributed by atoms with Crippen LogP contribution in [0.25, 0.3) is 11.5 Å². The molecular weight excluding hydrogens is 447 g/mol. The van der Waals surface area contributed by atoms with Crippen LogP contribution in [0, 0.1) is 6.92 Å². The van der Waals surface area contributed by atoms with Crippen LogP contribution in [0.1, 0.15) is 66.7 Å². The molecule has 10 heteroatoms. The van der Waals surface area contributed by atoms with Gasteiger partial charge in [0.25, 0.3) is 5.91 Å². The van der Waals surface area contributed by atoms with Crippen molar-refractivity contribution in [3.05, 3.63) is 59.2 Å². The van der Waals surface area contributed by atoms with Gasteiger partial charge < -0.3 is 10.2 Å². The van der Waals surface area contributed by atoms with Crippen LogP contribution in [-0.4, -0.2) is 39.1 Å². The van der Waals surface area contributed by atoms with E-state index in [-0.39, 0.29) is 0 Å². The lowest BCUT2D eigenvalue weighted by molar-refractivity contribution is -0.137. The molecule has 7 nitrogen and oxygen atoms in total. The van der Waals surface area contributed by atoms with E-state index < -0.39 is 17.6 Å². The van der Waals surface area contributed by atoms with E-state index in [0.29, 0.717) is 17.0 Å². The number of carbonyl (C=O) groups is 1. The summed E-state index contributed by atoms with van der Waals surface area (Å²) in [4.78, 5) is 17.2. The van der Waals surface area contributed by atoms with Crippen LogP contribution < -0.4 is 5.73 Å². The van der Waals surface area contributed by atoms with E-state index in [1.807, 2.05) is 6.20 Å². The minimum absolute atomic E-state index is 0.369. The Hall–Kier alpha value is -3.14. The first kappa shape index (κ1) is 27.1. The predicted octanol–water partition coefficient (Wildman–Crippen LogP) is 5.58. The summed E-state index contributed by atoms with van der Waals surface area (Å²) in [5, 5.41) is 7.10. The number of aromatic amines is 1. The SMILES string of the molecule is CCCCCN(CCC)Cc1cn[nH]c1-c1cc(C(N)=O)co1.Cc1ccc(C(F)(F)F)cn1. The minimum atomic E-state index is -4.28. The van der Waals surface area contributed by atoms with E-state index >= 15 is 0 Å². The fourth-order valence-electron chi connectivity index (χ4n) is 3.29. The number of pyridine rings is 1. The highest BCUT2D eigenvalue weighted by molar-refractivity contribution is 5.93. The highest BCUT2D eigenvalue weighted by atomic mass is 19.4. The van der Waals surface area contributed by atoms with Crippen LogP contribution in [0.3, 0.4) is 0 Å². The molecule has 3 heterocycles. The van der Waals surface area contributed by atoms with Crippen LogP contribution in [0.2, 0.25) is 0 Å². The first-order chi connectivity index (χ1) is 16.2. The molecule has 3 aromatic heterocycles. The van der Waals surface area contributed by atoms with Gasteiger partial charge in [-0.15, -0.1) is 0 Å². The number of carbonyl (C=O) groups excluding carboxylic acids is 1. The van der Waals surface area contributed by atoms with E-state index in [4.69, 9.17) is 10.2 Å². The first-order valence-electron chi connectivity index (χ1n) is 11.3. The Morgan fingerprint density at radius 1 is 1.15 bits per heavy atom. The van der Waals surface area contributed by atoms with E-state index in [0.717, 1.165) is 49.6 Å². The van der Waals surface area contributed by atoms with E-state index in [2.05, 4.69) is 33.9 Å². The van der Waals surface area contributed by atoms with Crippen molar-refractivity contribution in [3.63, 3.8) is 0 Å². The van der Waals surface area contributed by atoms with Crippen LogP contribution in [0.15, 0.2) is 41.3 Å². The van der Waals surface area contributed by atoms with Crippen molar-refractivity contribution < 1.29 is 22.4 Å². The van der Waals surface area contributed by atoms with Crippen molar-refractivity contribution in [1.82, 2.24) is 20.1 Å². The van der Waals surface area contributed by atoms with Gasteiger partial charge in [-0.25, -0.2) is 0 Å². The lowest BCUT2D eigenvalue weighted by atomic mass is 10.1. The Labute approximate surface area is 197 Å². The van der Waals surface area contributed by atoms with Gasteiger partial charge in [-0.05, 0) is 51.1 Å². The first-order valence-corrected chi connectivity index (χ1v) is 11.3. The minimum Gasteiger partial charge on any atom is -0.462 e. The number of amides is 1. The number of aromatic nitrogens is 3. The number of nitrogens with zero attached hydrogens (tertiary/aromatic N) is 3. The number of alkyl halides is 3. The zero-order valence-electron chi connectivity index (χ0n) is 19.8. The van der Waals surface area contributed by atoms with Crippen LogP contribution in [-0.2, 0) is 12.7 Å². The van der Waals surface area contributed by atoms with Gasteiger partial charge in [-0.3, -0.25) is 19.8 Å². The highest BCUT2D eigenvalue weighted by Gasteiger charge is 2.30. The monoisotopic (exact) mass is 479 g/mol. The smallest absolute Gasteiger partial charge is 0.417 e. The van der Waals surface area contributed by atoms with Crippen LogP contribution in [0.5, 0.6) is 0 Å². The van der Waals surface area contributed by atoms with Crippen molar-refractivity contribution in [2.24, 2.45) is 5.73 Å². The summed E-state index contributed by atoms with van der Waals surface area (Å²) in [7, 11) is 0. The summed E-state index contributed by atoms with van der Waals surface area (Å²) in [6, 6.07) is 4.01. The van der Waals surface area contributed by atoms with E-state index in [9.17, 15) is 18.0 Å². The maximum Gasteiger partial charge on any atom is 0.417 e. The number of primary amides is 1. The third-order valence-electron chi connectivity index (χ3n) is 5.10. The molecule has 0 fully saturated rings. The molecule has 0 aromatic carbocycles. The van der Waals surface area contributed by atoms with Gasteiger partial charge >= 0.3 is 6.18 Å². The zero-order valence-corrected chi connectivity index (χ0v) is 19.8. The number of furan rings is 1. The fourth-order valence-corrected chi connectivity index (χ4v) is 3.29. The molecule has 0 unspecified atom stereocenters. The van der Waals surface area contributed by atoms with Crippen LogP contribution >= 0.6 is 0 Å². The molecule has 3 N–H and O–H groups in total. The fraction of sp³-hybridized carbons (Fsp3) is 0.458. The van der Waals surface area contributed by atoms with Crippen LogP contribution in [0.4, 0.5) is 13.2 Å². The average Bonchev–Trinajstić information content (AvgIpc) is 3.43. The zero-order chi connectivity index (χ0) is 25.1. The Morgan fingerprint density at radius 2 is 1.91 bits per heavy atom. The maximum absolute atomic E-state index is 11.9. The molecule has 0 radical (unpaired) electrons. The van der Waals surface area contributed by atoms with Gasteiger partial charge in [-0.2, -0.15) is 18.3 Å². The number of hydrogen-bond acceptors (Lipinski definition) is 5. The Bertz CT molecular complexity index is 1010. The predicted molar refractivity (Wildman–Crippen MR) is 124 cm³/mol. The summed E-state index contributed by atoms with van der Waals surface area (Å²) in [5.74, 6) is 0.101. The Kier molecular flexibility index (Phi) is 10.3. The summed E-state index contributed by atoms with van der Waals surface area (Å²) in [6.07, 6.45) is 4.55. The number of H-pyrrole nitrogens is 1. The molecule has 0 aliphatic carbocycles. The third-order valence-corrected chi connectivity index (χ3v) is 5.10. The number of nitrogens with one attached hydrogen (secondary N) is 1. The normalized spacial score (nSPS) is 11.4. The molecule has 0 saturated heterocycles. The van der Waals surface area contributed by atoms with Gasteiger partial charge in [0.2, 0.25) is 0 Å². The van der Waals surface area contributed by atoms with Gasteiger partial charge in [0.05, 0.1) is 17.3 Å².